The molecule has 0 atom stereocenters. The lowest BCUT2D eigenvalue weighted by Crippen LogP contribution is -2.19. The third-order valence-electron chi connectivity index (χ3n) is 4.92. The van der Waals surface area contributed by atoms with Gasteiger partial charge >= 0.3 is 11.5 Å². The molecule has 2 aromatic heterocycles. The van der Waals surface area contributed by atoms with Gasteiger partial charge < -0.3 is 8.83 Å². The fourth-order valence-corrected chi connectivity index (χ4v) is 3.85. The van der Waals surface area contributed by atoms with Gasteiger partial charge in [0.25, 0.3) is 0 Å². The van der Waals surface area contributed by atoms with Gasteiger partial charge in [0.05, 0.1) is 11.4 Å². The molecule has 166 valence electrons. The monoisotopic (exact) mass is 486 g/mol. The standard InChI is InChI=1S/C24H14N4O4S2/c29-23-27(17-7-3-1-4-8-17)21(33)25-19(31-23)15-11-13-16(14-12-15)20-26-22(34)28(24(30)32-20)18-9-5-2-6-10-18/h1-14H. The molecule has 0 fully saturated rings. The molecule has 5 rings (SSSR count). The van der Waals surface area contributed by atoms with E-state index in [0.717, 1.165) is 0 Å². The van der Waals surface area contributed by atoms with E-state index in [4.69, 9.17) is 33.3 Å². The van der Waals surface area contributed by atoms with Crippen molar-refractivity contribution in [3.63, 3.8) is 0 Å². The van der Waals surface area contributed by atoms with Crippen molar-refractivity contribution in [2.24, 2.45) is 0 Å². The number of hydrogen-bond donors (Lipinski definition) is 0. The first-order chi connectivity index (χ1) is 16.5. The van der Waals surface area contributed by atoms with Crippen molar-refractivity contribution in [3.05, 3.63) is 116 Å². The first kappa shape index (κ1) is 21.6. The van der Waals surface area contributed by atoms with Crippen molar-refractivity contribution < 1.29 is 8.83 Å². The van der Waals surface area contributed by atoms with Crippen molar-refractivity contribution >= 4 is 24.4 Å². The van der Waals surface area contributed by atoms with Crippen molar-refractivity contribution in [2.75, 3.05) is 0 Å². The summed E-state index contributed by atoms with van der Waals surface area (Å²) in [6.45, 7) is 0. The molecule has 0 aliphatic heterocycles. The van der Waals surface area contributed by atoms with Gasteiger partial charge in [-0.25, -0.2) is 18.7 Å². The predicted molar refractivity (Wildman–Crippen MR) is 130 cm³/mol. The first-order valence-electron chi connectivity index (χ1n) is 10.0. The summed E-state index contributed by atoms with van der Waals surface area (Å²) in [6.07, 6.45) is 0. The number of benzene rings is 3. The maximum Gasteiger partial charge on any atom is 0.427 e. The molecule has 0 saturated carbocycles. The summed E-state index contributed by atoms with van der Waals surface area (Å²) in [5.74, 6) is -1.16. The molecule has 0 N–H and O–H groups in total. The van der Waals surface area contributed by atoms with Crippen LogP contribution in [0.15, 0.2) is 103 Å². The van der Waals surface area contributed by atoms with Crippen LogP contribution in [0.5, 0.6) is 0 Å². The summed E-state index contributed by atoms with van der Waals surface area (Å²) in [6, 6.07) is 24.4. The quantitative estimate of drug-likeness (QED) is 0.336. The lowest BCUT2D eigenvalue weighted by molar-refractivity contribution is 0.452. The number of rotatable bonds is 4. The van der Waals surface area contributed by atoms with Crippen LogP contribution < -0.4 is 11.5 Å². The van der Waals surface area contributed by atoms with E-state index in [0.29, 0.717) is 22.5 Å². The Kier molecular flexibility index (Phi) is 5.66. The molecule has 0 bridgehead atoms. The number of para-hydroxylation sites is 2. The maximum atomic E-state index is 12.6. The van der Waals surface area contributed by atoms with Crippen LogP contribution >= 0.6 is 24.4 Å². The Morgan fingerprint density at radius 1 is 0.559 bits per heavy atom. The molecule has 5 aromatic rings. The molecule has 0 saturated heterocycles. The number of nitrogens with zero attached hydrogens (tertiary/aromatic N) is 4. The smallest absolute Gasteiger partial charge is 0.390 e. The second kappa shape index (κ2) is 8.93. The van der Waals surface area contributed by atoms with Gasteiger partial charge in [-0.3, -0.25) is 0 Å². The van der Waals surface area contributed by atoms with Crippen LogP contribution in [0.3, 0.4) is 0 Å². The molecular formula is C24H14N4O4S2. The van der Waals surface area contributed by atoms with Gasteiger partial charge in [0.2, 0.25) is 21.3 Å². The number of hydrogen-bond acceptors (Lipinski definition) is 8. The van der Waals surface area contributed by atoms with Gasteiger partial charge in [0, 0.05) is 11.1 Å². The van der Waals surface area contributed by atoms with Crippen LogP contribution in [0, 0.1) is 9.54 Å². The fourth-order valence-electron chi connectivity index (χ4n) is 3.32. The average Bonchev–Trinajstić information content (AvgIpc) is 2.84. The van der Waals surface area contributed by atoms with Gasteiger partial charge in [0.1, 0.15) is 0 Å². The van der Waals surface area contributed by atoms with Gasteiger partial charge in [-0.15, -0.1) is 0 Å². The largest absolute Gasteiger partial charge is 0.427 e. The zero-order valence-electron chi connectivity index (χ0n) is 17.3. The Morgan fingerprint density at radius 2 is 0.912 bits per heavy atom. The van der Waals surface area contributed by atoms with E-state index < -0.39 is 11.5 Å². The highest BCUT2D eigenvalue weighted by Gasteiger charge is 2.13. The van der Waals surface area contributed by atoms with E-state index in [1.54, 1.807) is 72.8 Å². The highest BCUT2D eigenvalue weighted by atomic mass is 32.1. The molecule has 2 heterocycles. The SMILES string of the molecule is O=c1oc(-c2ccc(-c3nc(=S)n(-c4ccccc4)c(=O)o3)cc2)nc(=S)n1-c1ccccc1. The molecule has 3 aromatic carbocycles. The van der Waals surface area contributed by atoms with Gasteiger partial charge in [-0.1, -0.05) is 36.4 Å². The minimum atomic E-state index is -0.651. The topological polar surface area (TPSA) is 96.1 Å². The Labute approximate surface area is 202 Å². The third-order valence-corrected chi connectivity index (χ3v) is 5.47. The summed E-state index contributed by atoms with van der Waals surface area (Å²) in [7, 11) is 0. The van der Waals surface area contributed by atoms with Crippen LogP contribution in [-0.4, -0.2) is 19.1 Å². The lowest BCUT2D eigenvalue weighted by atomic mass is 10.1. The van der Waals surface area contributed by atoms with Gasteiger partial charge in [-0.05, 0) is 73.0 Å². The lowest BCUT2D eigenvalue weighted by Gasteiger charge is -2.07. The predicted octanol–water partition coefficient (Wildman–Crippen LogP) is 4.76. The molecule has 0 amide bonds. The normalized spacial score (nSPS) is 10.8. The van der Waals surface area contributed by atoms with E-state index in [2.05, 4.69) is 9.97 Å². The molecule has 8 nitrogen and oxygen atoms in total. The van der Waals surface area contributed by atoms with E-state index in [1.165, 1.54) is 9.13 Å². The van der Waals surface area contributed by atoms with Crippen molar-refractivity contribution in [2.45, 2.75) is 0 Å². The summed E-state index contributed by atoms with van der Waals surface area (Å²) in [5, 5.41) is 0. The van der Waals surface area contributed by atoms with Crippen LogP contribution in [0.4, 0.5) is 0 Å². The minimum Gasteiger partial charge on any atom is -0.390 e. The van der Waals surface area contributed by atoms with Gasteiger partial charge in [0.15, 0.2) is 0 Å². The Morgan fingerprint density at radius 3 is 1.24 bits per heavy atom. The second-order valence-corrected chi connectivity index (χ2v) is 7.78. The van der Waals surface area contributed by atoms with Crippen LogP contribution in [-0.2, 0) is 0 Å². The molecular weight excluding hydrogens is 472 g/mol. The maximum absolute atomic E-state index is 12.6. The average molecular weight is 487 g/mol. The highest BCUT2D eigenvalue weighted by Crippen LogP contribution is 2.22. The van der Waals surface area contributed by atoms with E-state index in [9.17, 15) is 9.59 Å². The molecule has 34 heavy (non-hydrogen) atoms. The molecule has 0 spiro atoms. The van der Waals surface area contributed by atoms with Crippen LogP contribution in [0.2, 0.25) is 0 Å². The van der Waals surface area contributed by atoms with E-state index in [1.807, 2.05) is 12.1 Å². The van der Waals surface area contributed by atoms with Crippen molar-refractivity contribution in [3.8, 4) is 34.3 Å². The zero-order valence-corrected chi connectivity index (χ0v) is 19.0. The molecule has 0 aliphatic rings. The first-order valence-corrected chi connectivity index (χ1v) is 10.8. The number of aromatic nitrogens is 4. The van der Waals surface area contributed by atoms with Gasteiger partial charge in [-0.2, -0.15) is 9.97 Å². The second-order valence-electron chi connectivity index (χ2n) is 7.05. The van der Waals surface area contributed by atoms with E-state index >= 15 is 0 Å². The Hall–Kier alpha value is -4.28. The summed E-state index contributed by atoms with van der Waals surface area (Å²) in [5.41, 5.74) is 2.16. The summed E-state index contributed by atoms with van der Waals surface area (Å²) >= 11 is 10.6. The minimum absolute atomic E-state index is 0.0680. The van der Waals surface area contributed by atoms with E-state index in [-0.39, 0.29) is 21.3 Å². The third kappa shape index (κ3) is 4.07. The van der Waals surface area contributed by atoms with Crippen LogP contribution in [0.25, 0.3) is 34.3 Å². The Bertz CT molecular complexity index is 1530. The summed E-state index contributed by atoms with van der Waals surface area (Å²) in [4.78, 5) is 33.6. The molecule has 0 aliphatic carbocycles. The highest BCUT2D eigenvalue weighted by molar-refractivity contribution is 7.71. The van der Waals surface area contributed by atoms with Crippen molar-refractivity contribution in [1.82, 2.24) is 19.1 Å². The Balaban J connectivity index is 1.49. The molecule has 10 heteroatoms. The molecule has 0 radical (unpaired) electrons. The zero-order chi connectivity index (χ0) is 23.7. The van der Waals surface area contributed by atoms with Crippen molar-refractivity contribution in [1.29, 1.82) is 0 Å². The summed E-state index contributed by atoms with van der Waals surface area (Å²) < 4.78 is 13.4. The van der Waals surface area contributed by atoms with Crippen LogP contribution in [0.1, 0.15) is 0 Å². The molecule has 0 unspecified atom stereocenters. The fraction of sp³-hybridized carbons (Fsp3) is 0.